The van der Waals surface area contributed by atoms with E-state index >= 15 is 0 Å². The molecule has 0 N–H and O–H groups in total. The van der Waals surface area contributed by atoms with Gasteiger partial charge in [0.05, 0.1) is 6.61 Å². The number of Topliss-reactive ketones (excluding diaryl/α,β-unsaturated/α-hetero) is 1. The summed E-state index contributed by atoms with van der Waals surface area (Å²) in [5, 5.41) is 0. The van der Waals surface area contributed by atoms with E-state index in [9.17, 15) is 4.79 Å². The number of hydrogen-bond donors (Lipinski definition) is 0. The van der Waals surface area contributed by atoms with E-state index in [1.165, 1.54) is 11.1 Å². The Bertz CT molecular complexity index is 394. The van der Waals surface area contributed by atoms with Gasteiger partial charge in [0.2, 0.25) is 0 Å². The molecular weight excluding hydrogens is 224 g/mol. The summed E-state index contributed by atoms with van der Waals surface area (Å²) in [7, 11) is 0. The zero-order valence-corrected chi connectivity index (χ0v) is 12.0. The molecule has 0 saturated heterocycles. The molecule has 1 aromatic carbocycles. The predicted octanol–water partition coefficient (Wildman–Crippen LogP) is 4.26. The first-order valence-electron chi connectivity index (χ1n) is 6.73. The lowest BCUT2D eigenvalue weighted by Crippen LogP contribution is -2.01. The maximum absolute atomic E-state index is 10.8. The molecule has 0 aliphatic rings. The summed E-state index contributed by atoms with van der Waals surface area (Å²) in [6.45, 7) is 8.75. The molecule has 0 atom stereocenters. The Morgan fingerprint density at radius 2 is 2.00 bits per heavy atom. The van der Waals surface area contributed by atoms with Gasteiger partial charge in [-0.25, -0.2) is 0 Å². The second-order valence-electron chi connectivity index (χ2n) is 5.19. The third-order valence-corrected chi connectivity index (χ3v) is 3.06. The summed E-state index contributed by atoms with van der Waals surface area (Å²) < 4.78 is 5.80. The van der Waals surface area contributed by atoms with Crippen LogP contribution in [0.2, 0.25) is 0 Å². The first-order chi connectivity index (χ1) is 8.50. The molecule has 0 heterocycles. The average Bonchev–Trinajstić information content (AvgIpc) is 2.30. The van der Waals surface area contributed by atoms with Crippen LogP contribution in [0.25, 0.3) is 0 Å². The normalized spacial score (nSPS) is 10.7. The molecule has 0 unspecified atom stereocenters. The standard InChI is InChI=1S/C16H24O2/c1-12(2)15-9-8-13(3)16(11-15)18-10-6-5-7-14(4)17/h8-9,11-12H,5-7,10H2,1-4H3. The van der Waals surface area contributed by atoms with Gasteiger partial charge in [0.1, 0.15) is 11.5 Å². The molecule has 0 amide bonds. The number of carbonyl (C=O) groups is 1. The van der Waals surface area contributed by atoms with Crippen LogP contribution in [0, 0.1) is 6.92 Å². The van der Waals surface area contributed by atoms with E-state index in [0.29, 0.717) is 18.9 Å². The predicted molar refractivity (Wildman–Crippen MR) is 75.3 cm³/mol. The van der Waals surface area contributed by atoms with Crippen molar-refractivity contribution in [2.75, 3.05) is 6.61 Å². The Morgan fingerprint density at radius 1 is 1.28 bits per heavy atom. The number of ketones is 1. The summed E-state index contributed by atoms with van der Waals surface area (Å²) in [5.41, 5.74) is 2.48. The van der Waals surface area contributed by atoms with E-state index in [2.05, 4.69) is 39.0 Å². The molecule has 0 aromatic heterocycles. The fourth-order valence-electron chi connectivity index (χ4n) is 1.79. The highest BCUT2D eigenvalue weighted by atomic mass is 16.5. The average molecular weight is 248 g/mol. The maximum Gasteiger partial charge on any atom is 0.129 e. The zero-order chi connectivity index (χ0) is 13.5. The summed E-state index contributed by atoms with van der Waals surface area (Å²) >= 11 is 0. The number of rotatable bonds is 7. The number of aryl methyl sites for hydroxylation is 1. The molecular formula is C16H24O2. The number of benzene rings is 1. The van der Waals surface area contributed by atoms with Crippen molar-refractivity contribution in [3.63, 3.8) is 0 Å². The summed E-state index contributed by atoms with van der Waals surface area (Å²) in [4.78, 5) is 10.8. The minimum absolute atomic E-state index is 0.257. The van der Waals surface area contributed by atoms with Gasteiger partial charge in [0, 0.05) is 6.42 Å². The summed E-state index contributed by atoms with van der Waals surface area (Å²) in [6, 6.07) is 6.40. The molecule has 2 heteroatoms. The topological polar surface area (TPSA) is 26.3 Å². The molecule has 18 heavy (non-hydrogen) atoms. The van der Waals surface area contributed by atoms with Gasteiger partial charge < -0.3 is 9.53 Å². The number of hydrogen-bond acceptors (Lipinski definition) is 2. The van der Waals surface area contributed by atoms with Crippen LogP contribution in [0.15, 0.2) is 18.2 Å². The van der Waals surface area contributed by atoms with Crippen molar-refractivity contribution in [2.45, 2.75) is 52.9 Å². The molecule has 0 fully saturated rings. The van der Waals surface area contributed by atoms with Crippen molar-refractivity contribution in [1.82, 2.24) is 0 Å². The van der Waals surface area contributed by atoms with Crippen LogP contribution >= 0.6 is 0 Å². The van der Waals surface area contributed by atoms with Gasteiger partial charge in [-0.05, 0) is 49.8 Å². The Balaban J connectivity index is 2.46. The van der Waals surface area contributed by atoms with Crippen LogP contribution in [0.1, 0.15) is 57.1 Å². The van der Waals surface area contributed by atoms with Crippen LogP contribution in [0.3, 0.4) is 0 Å². The van der Waals surface area contributed by atoms with E-state index in [1.54, 1.807) is 6.92 Å². The Labute approximate surface area is 110 Å². The highest BCUT2D eigenvalue weighted by molar-refractivity contribution is 5.75. The van der Waals surface area contributed by atoms with Crippen molar-refractivity contribution in [3.8, 4) is 5.75 Å². The fraction of sp³-hybridized carbons (Fsp3) is 0.562. The summed E-state index contributed by atoms with van der Waals surface area (Å²) in [6.07, 6.45) is 2.51. The van der Waals surface area contributed by atoms with Crippen LogP contribution in [-0.4, -0.2) is 12.4 Å². The van der Waals surface area contributed by atoms with E-state index < -0.39 is 0 Å². The number of carbonyl (C=O) groups excluding carboxylic acids is 1. The second kappa shape index (κ2) is 7.20. The zero-order valence-electron chi connectivity index (χ0n) is 12.0. The first kappa shape index (κ1) is 14.7. The summed E-state index contributed by atoms with van der Waals surface area (Å²) in [5.74, 6) is 1.75. The number of unbranched alkanes of at least 4 members (excludes halogenated alkanes) is 1. The molecule has 0 aliphatic carbocycles. The van der Waals surface area contributed by atoms with Crippen molar-refractivity contribution >= 4 is 5.78 Å². The molecule has 0 aliphatic heterocycles. The molecule has 0 saturated carbocycles. The van der Waals surface area contributed by atoms with Crippen molar-refractivity contribution in [3.05, 3.63) is 29.3 Å². The van der Waals surface area contributed by atoms with E-state index in [-0.39, 0.29) is 5.78 Å². The minimum Gasteiger partial charge on any atom is -0.493 e. The van der Waals surface area contributed by atoms with Crippen LogP contribution < -0.4 is 4.74 Å². The van der Waals surface area contributed by atoms with Gasteiger partial charge >= 0.3 is 0 Å². The Morgan fingerprint density at radius 3 is 2.61 bits per heavy atom. The van der Waals surface area contributed by atoms with Crippen LogP contribution in [0.4, 0.5) is 0 Å². The van der Waals surface area contributed by atoms with Crippen molar-refractivity contribution in [2.24, 2.45) is 0 Å². The molecule has 2 nitrogen and oxygen atoms in total. The van der Waals surface area contributed by atoms with Gasteiger partial charge in [0.25, 0.3) is 0 Å². The molecule has 1 aromatic rings. The molecule has 100 valence electrons. The molecule has 0 bridgehead atoms. The van der Waals surface area contributed by atoms with Gasteiger partial charge in [-0.3, -0.25) is 0 Å². The largest absolute Gasteiger partial charge is 0.493 e. The fourth-order valence-corrected chi connectivity index (χ4v) is 1.79. The van der Waals surface area contributed by atoms with Crippen molar-refractivity contribution < 1.29 is 9.53 Å². The third kappa shape index (κ3) is 4.91. The quantitative estimate of drug-likeness (QED) is 0.674. The minimum atomic E-state index is 0.257. The highest BCUT2D eigenvalue weighted by Gasteiger charge is 2.04. The second-order valence-corrected chi connectivity index (χ2v) is 5.19. The molecule has 0 spiro atoms. The SMILES string of the molecule is CC(=O)CCCCOc1cc(C(C)C)ccc1C. The van der Waals surface area contributed by atoms with Crippen LogP contribution in [0.5, 0.6) is 5.75 Å². The highest BCUT2D eigenvalue weighted by Crippen LogP contribution is 2.24. The van der Waals surface area contributed by atoms with Gasteiger partial charge in [-0.15, -0.1) is 0 Å². The smallest absolute Gasteiger partial charge is 0.129 e. The lowest BCUT2D eigenvalue weighted by molar-refractivity contribution is -0.117. The monoisotopic (exact) mass is 248 g/mol. The molecule has 0 radical (unpaired) electrons. The Kier molecular flexibility index (Phi) is 5.90. The van der Waals surface area contributed by atoms with Gasteiger partial charge in [-0.1, -0.05) is 26.0 Å². The Hall–Kier alpha value is -1.31. The van der Waals surface area contributed by atoms with E-state index in [0.717, 1.165) is 18.6 Å². The lowest BCUT2D eigenvalue weighted by atomic mass is 10.0. The van der Waals surface area contributed by atoms with Crippen molar-refractivity contribution in [1.29, 1.82) is 0 Å². The molecule has 1 rings (SSSR count). The lowest BCUT2D eigenvalue weighted by Gasteiger charge is -2.12. The third-order valence-electron chi connectivity index (χ3n) is 3.06. The first-order valence-corrected chi connectivity index (χ1v) is 6.73. The van der Waals surface area contributed by atoms with Gasteiger partial charge in [-0.2, -0.15) is 0 Å². The number of ether oxygens (including phenoxy) is 1. The van der Waals surface area contributed by atoms with Crippen LogP contribution in [-0.2, 0) is 4.79 Å². The van der Waals surface area contributed by atoms with E-state index in [1.807, 2.05) is 0 Å². The maximum atomic E-state index is 10.8. The van der Waals surface area contributed by atoms with Gasteiger partial charge in [0.15, 0.2) is 0 Å². The van der Waals surface area contributed by atoms with E-state index in [4.69, 9.17) is 4.74 Å².